The summed E-state index contributed by atoms with van der Waals surface area (Å²) in [6, 6.07) is 6.58. The van der Waals surface area contributed by atoms with Crippen LogP contribution < -0.4 is 0 Å². The van der Waals surface area contributed by atoms with E-state index in [9.17, 15) is 9.90 Å². The Kier molecular flexibility index (Phi) is 2.59. The standard InChI is InChI=1S/C11H10N2O3/c1-16-11(15)8-6-12-13(7-8)9-3-2-4-10(14)5-9/h2-7,14H,1H3. The SMILES string of the molecule is COC(=O)c1cnn(-c2cccc(O)c2)c1. The third-order valence-corrected chi connectivity index (χ3v) is 2.10. The van der Waals surface area contributed by atoms with Gasteiger partial charge in [0, 0.05) is 12.3 Å². The van der Waals surface area contributed by atoms with E-state index in [0.717, 1.165) is 0 Å². The van der Waals surface area contributed by atoms with E-state index in [2.05, 4.69) is 9.84 Å². The summed E-state index contributed by atoms with van der Waals surface area (Å²) in [6.45, 7) is 0. The third kappa shape index (κ3) is 1.88. The first-order valence-electron chi connectivity index (χ1n) is 4.63. The molecular weight excluding hydrogens is 208 g/mol. The molecule has 0 aliphatic rings. The number of rotatable bonds is 2. The Morgan fingerprint density at radius 2 is 2.31 bits per heavy atom. The van der Waals surface area contributed by atoms with Gasteiger partial charge < -0.3 is 9.84 Å². The highest BCUT2D eigenvalue weighted by molar-refractivity contribution is 5.88. The van der Waals surface area contributed by atoms with Gasteiger partial charge in [0.25, 0.3) is 0 Å². The number of carbonyl (C=O) groups excluding carboxylic acids is 1. The Morgan fingerprint density at radius 1 is 1.50 bits per heavy atom. The molecule has 0 unspecified atom stereocenters. The first kappa shape index (κ1) is 10.2. The van der Waals surface area contributed by atoms with E-state index >= 15 is 0 Å². The number of aromatic nitrogens is 2. The van der Waals surface area contributed by atoms with Crippen LogP contribution in [0.25, 0.3) is 5.69 Å². The first-order chi connectivity index (χ1) is 7.70. The first-order valence-corrected chi connectivity index (χ1v) is 4.63. The van der Waals surface area contributed by atoms with Gasteiger partial charge in [-0.15, -0.1) is 0 Å². The molecule has 1 aromatic heterocycles. The average molecular weight is 218 g/mol. The van der Waals surface area contributed by atoms with Crippen molar-refractivity contribution in [1.82, 2.24) is 9.78 Å². The molecular formula is C11H10N2O3. The zero-order valence-corrected chi connectivity index (χ0v) is 8.62. The van der Waals surface area contributed by atoms with Crippen LogP contribution in [0.2, 0.25) is 0 Å². The average Bonchev–Trinajstić information content (AvgIpc) is 2.77. The van der Waals surface area contributed by atoms with Gasteiger partial charge in [-0.2, -0.15) is 5.10 Å². The predicted molar refractivity (Wildman–Crippen MR) is 56.6 cm³/mol. The van der Waals surface area contributed by atoms with E-state index in [1.54, 1.807) is 30.5 Å². The summed E-state index contributed by atoms with van der Waals surface area (Å²) in [4.78, 5) is 11.2. The maximum atomic E-state index is 11.2. The summed E-state index contributed by atoms with van der Waals surface area (Å²) in [7, 11) is 1.31. The van der Waals surface area contributed by atoms with Gasteiger partial charge in [-0.1, -0.05) is 6.07 Å². The number of esters is 1. The topological polar surface area (TPSA) is 64.3 Å². The van der Waals surface area contributed by atoms with Crippen LogP contribution in [0.1, 0.15) is 10.4 Å². The molecule has 5 nitrogen and oxygen atoms in total. The summed E-state index contributed by atoms with van der Waals surface area (Å²) < 4.78 is 6.06. The van der Waals surface area contributed by atoms with Crippen LogP contribution in [0, 0.1) is 0 Å². The van der Waals surface area contributed by atoms with Crippen LogP contribution >= 0.6 is 0 Å². The minimum atomic E-state index is -0.439. The lowest BCUT2D eigenvalue weighted by Crippen LogP contribution is -1.99. The van der Waals surface area contributed by atoms with Crippen LogP contribution in [-0.4, -0.2) is 28.0 Å². The maximum Gasteiger partial charge on any atom is 0.341 e. The van der Waals surface area contributed by atoms with Crippen LogP contribution in [0.5, 0.6) is 5.75 Å². The second-order valence-corrected chi connectivity index (χ2v) is 3.19. The molecule has 5 heteroatoms. The third-order valence-electron chi connectivity index (χ3n) is 2.10. The molecule has 0 atom stereocenters. The van der Waals surface area contributed by atoms with Crippen molar-refractivity contribution in [2.75, 3.05) is 7.11 Å². The van der Waals surface area contributed by atoms with Gasteiger partial charge in [0.15, 0.2) is 0 Å². The normalized spacial score (nSPS) is 10.1. The van der Waals surface area contributed by atoms with E-state index < -0.39 is 5.97 Å². The van der Waals surface area contributed by atoms with Crippen molar-refractivity contribution >= 4 is 5.97 Å². The van der Waals surface area contributed by atoms with Crippen molar-refractivity contribution in [3.05, 3.63) is 42.2 Å². The molecule has 0 amide bonds. The van der Waals surface area contributed by atoms with E-state index in [4.69, 9.17) is 0 Å². The molecule has 0 spiro atoms. The zero-order chi connectivity index (χ0) is 11.5. The number of phenols is 1. The van der Waals surface area contributed by atoms with Crippen molar-refractivity contribution < 1.29 is 14.6 Å². The van der Waals surface area contributed by atoms with E-state index in [1.165, 1.54) is 18.0 Å². The molecule has 2 aromatic rings. The lowest BCUT2D eigenvalue weighted by Gasteiger charge is -2.00. The highest BCUT2D eigenvalue weighted by Gasteiger charge is 2.08. The molecule has 0 aliphatic heterocycles. The second-order valence-electron chi connectivity index (χ2n) is 3.19. The summed E-state index contributed by atoms with van der Waals surface area (Å²) in [5.41, 5.74) is 1.04. The number of methoxy groups -OCH3 is 1. The monoisotopic (exact) mass is 218 g/mol. The molecule has 1 heterocycles. The Hall–Kier alpha value is -2.30. The largest absolute Gasteiger partial charge is 0.508 e. The number of hydrogen-bond acceptors (Lipinski definition) is 4. The Balaban J connectivity index is 2.35. The van der Waals surface area contributed by atoms with Gasteiger partial charge in [-0.05, 0) is 12.1 Å². The van der Waals surface area contributed by atoms with Crippen molar-refractivity contribution in [2.45, 2.75) is 0 Å². The minimum absolute atomic E-state index is 0.146. The number of ether oxygens (including phenoxy) is 1. The molecule has 0 saturated carbocycles. The highest BCUT2D eigenvalue weighted by atomic mass is 16.5. The number of nitrogens with zero attached hydrogens (tertiary/aromatic N) is 2. The second kappa shape index (κ2) is 4.06. The fraction of sp³-hybridized carbons (Fsp3) is 0.0909. The smallest absolute Gasteiger partial charge is 0.341 e. The number of benzene rings is 1. The molecule has 82 valence electrons. The predicted octanol–water partition coefficient (Wildman–Crippen LogP) is 1.36. The van der Waals surface area contributed by atoms with Crippen molar-refractivity contribution in [3.63, 3.8) is 0 Å². The lowest BCUT2D eigenvalue weighted by molar-refractivity contribution is 0.0600. The lowest BCUT2D eigenvalue weighted by atomic mass is 10.3. The van der Waals surface area contributed by atoms with Gasteiger partial charge in [0.2, 0.25) is 0 Å². The molecule has 1 N–H and O–H groups in total. The van der Waals surface area contributed by atoms with Gasteiger partial charge in [0.1, 0.15) is 5.75 Å². The Morgan fingerprint density at radius 3 is 3.00 bits per heavy atom. The summed E-state index contributed by atoms with van der Waals surface area (Å²) in [5, 5.41) is 13.3. The van der Waals surface area contributed by atoms with Crippen molar-refractivity contribution in [3.8, 4) is 11.4 Å². The van der Waals surface area contributed by atoms with Crippen molar-refractivity contribution in [1.29, 1.82) is 0 Å². The molecule has 0 fully saturated rings. The van der Waals surface area contributed by atoms with Crippen LogP contribution in [-0.2, 0) is 4.74 Å². The maximum absolute atomic E-state index is 11.2. The molecule has 0 saturated heterocycles. The van der Waals surface area contributed by atoms with Gasteiger partial charge in [-0.25, -0.2) is 9.48 Å². The molecule has 0 bridgehead atoms. The zero-order valence-electron chi connectivity index (χ0n) is 8.62. The Bertz CT molecular complexity index is 519. The summed E-state index contributed by atoms with van der Waals surface area (Å²) in [5.74, 6) is -0.293. The number of aromatic hydroxyl groups is 1. The molecule has 1 aromatic carbocycles. The molecule has 0 radical (unpaired) electrons. The Labute approximate surface area is 91.9 Å². The minimum Gasteiger partial charge on any atom is -0.508 e. The van der Waals surface area contributed by atoms with Gasteiger partial charge in [0.05, 0.1) is 24.6 Å². The quantitative estimate of drug-likeness (QED) is 0.773. The molecule has 16 heavy (non-hydrogen) atoms. The number of hydrogen-bond donors (Lipinski definition) is 1. The number of carbonyl (C=O) groups is 1. The summed E-state index contributed by atoms with van der Waals surface area (Å²) >= 11 is 0. The van der Waals surface area contributed by atoms with E-state index in [0.29, 0.717) is 11.3 Å². The van der Waals surface area contributed by atoms with E-state index in [1.807, 2.05) is 0 Å². The fourth-order valence-electron chi connectivity index (χ4n) is 1.32. The number of phenolic OH excluding ortho intramolecular Hbond substituents is 1. The summed E-state index contributed by atoms with van der Waals surface area (Å²) in [6.07, 6.45) is 2.95. The van der Waals surface area contributed by atoms with Crippen LogP contribution in [0.15, 0.2) is 36.7 Å². The van der Waals surface area contributed by atoms with Gasteiger partial charge in [-0.3, -0.25) is 0 Å². The van der Waals surface area contributed by atoms with Crippen LogP contribution in [0.3, 0.4) is 0 Å². The molecule has 0 aliphatic carbocycles. The van der Waals surface area contributed by atoms with Crippen molar-refractivity contribution in [2.24, 2.45) is 0 Å². The van der Waals surface area contributed by atoms with Gasteiger partial charge >= 0.3 is 5.97 Å². The van der Waals surface area contributed by atoms with Crippen LogP contribution in [0.4, 0.5) is 0 Å². The highest BCUT2D eigenvalue weighted by Crippen LogP contribution is 2.15. The fourth-order valence-corrected chi connectivity index (χ4v) is 1.32. The van der Waals surface area contributed by atoms with E-state index in [-0.39, 0.29) is 5.75 Å². The molecule has 2 rings (SSSR count).